The number of carbonyl (C=O) groups is 1. The Bertz CT molecular complexity index is 911. The van der Waals surface area contributed by atoms with Crippen molar-refractivity contribution in [3.05, 3.63) is 53.2 Å². The molecule has 1 aromatic carbocycles. The summed E-state index contributed by atoms with van der Waals surface area (Å²) in [6.45, 7) is 2.92. The summed E-state index contributed by atoms with van der Waals surface area (Å²) in [6, 6.07) is 10.1. The molecule has 144 valence electrons. The first kappa shape index (κ1) is 20.3. The van der Waals surface area contributed by atoms with Gasteiger partial charge in [-0.25, -0.2) is 13.4 Å². The van der Waals surface area contributed by atoms with Crippen molar-refractivity contribution in [3.63, 3.8) is 0 Å². The van der Waals surface area contributed by atoms with Crippen LogP contribution in [0.3, 0.4) is 0 Å². The standard InChI is InChI=1S/C19H21ClN2O3S2/c1-14(19(23)15-6-5-7-16(20)12-15)26-18-9-8-17(13-21-18)27(24,25)22-10-3-2-4-11-22/h5-9,12-14H,2-4,10-11H2,1H3/t14-/m1/s1. The molecule has 0 bridgehead atoms. The van der Waals surface area contributed by atoms with Crippen LogP contribution < -0.4 is 0 Å². The van der Waals surface area contributed by atoms with Gasteiger partial charge in [0.2, 0.25) is 10.0 Å². The normalized spacial score (nSPS) is 16.8. The number of aromatic nitrogens is 1. The number of nitrogens with zero attached hydrogens (tertiary/aromatic N) is 2. The van der Waals surface area contributed by atoms with E-state index in [9.17, 15) is 13.2 Å². The fourth-order valence-corrected chi connectivity index (χ4v) is 5.47. The predicted molar refractivity (Wildman–Crippen MR) is 108 cm³/mol. The Hall–Kier alpha value is -1.41. The van der Waals surface area contributed by atoms with Crippen LogP contribution >= 0.6 is 23.4 Å². The summed E-state index contributed by atoms with van der Waals surface area (Å²) >= 11 is 7.24. The average Bonchev–Trinajstić information content (AvgIpc) is 2.68. The molecule has 0 saturated carbocycles. The van der Waals surface area contributed by atoms with Gasteiger partial charge in [-0.3, -0.25) is 4.79 Å². The third-order valence-electron chi connectivity index (χ3n) is 4.44. The molecule has 0 amide bonds. The second-order valence-corrected chi connectivity index (χ2v) is 10.2. The Labute approximate surface area is 169 Å². The largest absolute Gasteiger partial charge is 0.293 e. The van der Waals surface area contributed by atoms with Crippen molar-refractivity contribution in [1.82, 2.24) is 9.29 Å². The zero-order valence-electron chi connectivity index (χ0n) is 15.0. The first-order chi connectivity index (χ1) is 12.9. The van der Waals surface area contributed by atoms with E-state index in [0.717, 1.165) is 19.3 Å². The minimum absolute atomic E-state index is 0.0469. The number of Topliss-reactive ketones (excluding diaryl/α,β-unsaturated/α-hetero) is 1. The van der Waals surface area contributed by atoms with Gasteiger partial charge in [-0.1, -0.05) is 41.9 Å². The molecular weight excluding hydrogens is 404 g/mol. The molecule has 8 heteroatoms. The van der Waals surface area contributed by atoms with Crippen molar-refractivity contribution >= 4 is 39.2 Å². The number of benzene rings is 1. The van der Waals surface area contributed by atoms with Crippen molar-refractivity contribution in [2.24, 2.45) is 0 Å². The van der Waals surface area contributed by atoms with Crippen LogP contribution in [0.15, 0.2) is 52.5 Å². The SMILES string of the molecule is C[C@@H](Sc1ccc(S(=O)(=O)N2CCCCC2)cn1)C(=O)c1cccc(Cl)c1. The van der Waals surface area contributed by atoms with Crippen molar-refractivity contribution in [3.8, 4) is 0 Å². The molecule has 1 aliphatic heterocycles. The molecular formula is C19H21ClN2O3S2. The van der Waals surface area contributed by atoms with E-state index in [1.165, 1.54) is 22.3 Å². The molecule has 1 aliphatic rings. The summed E-state index contributed by atoms with van der Waals surface area (Å²) in [4.78, 5) is 17.0. The molecule has 0 aliphatic carbocycles. The molecule has 27 heavy (non-hydrogen) atoms. The number of carbonyl (C=O) groups excluding carboxylic acids is 1. The highest BCUT2D eigenvalue weighted by molar-refractivity contribution is 8.00. The monoisotopic (exact) mass is 424 g/mol. The van der Waals surface area contributed by atoms with Gasteiger partial charge in [0.1, 0.15) is 4.90 Å². The quantitative estimate of drug-likeness (QED) is 0.511. The number of sulfonamides is 1. The summed E-state index contributed by atoms with van der Waals surface area (Å²) in [5.74, 6) is -0.0469. The maximum Gasteiger partial charge on any atom is 0.244 e. The molecule has 0 radical (unpaired) electrons. The average molecular weight is 425 g/mol. The maximum atomic E-state index is 12.7. The molecule has 1 aromatic heterocycles. The van der Waals surface area contributed by atoms with Gasteiger partial charge < -0.3 is 0 Å². The lowest BCUT2D eigenvalue weighted by atomic mass is 10.1. The second-order valence-electron chi connectivity index (χ2n) is 6.43. The Morgan fingerprint density at radius 2 is 1.93 bits per heavy atom. The van der Waals surface area contributed by atoms with E-state index in [-0.39, 0.29) is 15.9 Å². The van der Waals surface area contributed by atoms with Crippen molar-refractivity contribution in [2.75, 3.05) is 13.1 Å². The van der Waals surface area contributed by atoms with Crippen LogP contribution in [0.1, 0.15) is 36.5 Å². The molecule has 1 saturated heterocycles. The zero-order chi connectivity index (χ0) is 19.4. The van der Waals surface area contributed by atoms with Crippen LogP contribution in [0, 0.1) is 0 Å². The van der Waals surface area contributed by atoms with Crippen LogP contribution in [0.25, 0.3) is 0 Å². The molecule has 0 N–H and O–H groups in total. The molecule has 0 unspecified atom stereocenters. The third-order valence-corrected chi connectivity index (χ3v) is 7.61. The van der Waals surface area contributed by atoms with Gasteiger partial charge in [-0.05, 0) is 44.0 Å². The van der Waals surface area contributed by atoms with E-state index in [1.54, 1.807) is 43.3 Å². The molecule has 0 spiro atoms. The summed E-state index contributed by atoms with van der Waals surface area (Å²) in [6.07, 6.45) is 4.23. The smallest absolute Gasteiger partial charge is 0.244 e. The van der Waals surface area contributed by atoms with E-state index in [0.29, 0.717) is 28.7 Å². The number of piperidine rings is 1. The Morgan fingerprint density at radius 3 is 2.56 bits per heavy atom. The number of rotatable bonds is 6. The number of thioether (sulfide) groups is 1. The first-order valence-corrected chi connectivity index (χ1v) is 11.5. The topological polar surface area (TPSA) is 67.3 Å². The summed E-state index contributed by atoms with van der Waals surface area (Å²) < 4.78 is 26.8. The van der Waals surface area contributed by atoms with Gasteiger partial charge in [0.25, 0.3) is 0 Å². The number of hydrogen-bond acceptors (Lipinski definition) is 5. The van der Waals surface area contributed by atoms with Crippen molar-refractivity contribution in [2.45, 2.75) is 41.4 Å². The lowest BCUT2D eigenvalue weighted by molar-refractivity contribution is 0.0994. The zero-order valence-corrected chi connectivity index (χ0v) is 17.4. The fourth-order valence-electron chi connectivity index (χ4n) is 2.95. The minimum Gasteiger partial charge on any atom is -0.293 e. The number of pyridine rings is 1. The number of hydrogen-bond donors (Lipinski definition) is 0. The summed E-state index contributed by atoms with van der Waals surface area (Å²) in [5.41, 5.74) is 0.548. The van der Waals surface area contributed by atoms with Crippen LogP contribution in [0.4, 0.5) is 0 Å². The number of ketones is 1. The van der Waals surface area contributed by atoms with Crippen molar-refractivity contribution < 1.29 is 13.2 Å². The van der Waals surface area contributed by atoms with Crippen molar-refractivity contribution in [1.29, 1.82) is 0 Å². The molecule has 2 aromatic rings. The Morgan fingerprint density at radius 1 is 1.19 bits per heavy atom. The molecule has 2 heterocycles. The third kappa shape index (κ3) is 4.90. The van der Waals surface area contributed by atoms with E-state index < -0.39 is 10.0 Å². The molecule has 5 nitrogen and oxygen atoms in total. The van der Waals surface area contributed by atoms with E-state index in [4.69, 9.17) is 11.6 Å². The lowest BCUT2D eigenvalue weighted by Crippen LogP contribution is -2.35. The van der Waals surface area contributed by atoms with Gasteiger partial charge in [0, 0.05) is 29.9 Å². The van der Waals surface area contributed by atoms with Crippen LogP contribution in [0.2, 0.25) is 5.02 Å². The van der Waals surface area contributed by atoms with E-state index in [1.807, 2.05) is 0 Å². The van der Waals surface area contributed by atoms with Crippen LogP contribution in [0.5, 0.6) is 0 Å². The molecule has 1 fully saturated rings. The highest BCUT2D eigenvalue weighted by Crippen LogP contribution is 2.27. The Kier molecular flexibility index (Phi) is 6.57. The minimum atomic E-state index is -3.49. The predicted octanol–water partition coefficient (Wildman–Crippen LogP) is 4.27. The van der Waals surface area contributed by atoms with Gasteiger partial charge in [-0.15, -0.1) is 0 Å². The summed E-state index contributed by atoms with van der Waals surface area (Å²) in [5, 5.41) is 0.763. The Balaban J connectivity index is 1.69. The van der Waals surface area contributed by atoms with Gasteiger partial charge in [0.15, 0.2) is 5.78 Å². The van der Waals surface area contributed by atoms with Crippen LogP contribution in [-0.2, 0) is 10.0 Å². The molecule has 3 rings (SSSR count). The second kappa shape index (κ2) is 8.73. The molecule has 1 atom stereocenters. The van der Waals surface area contributed by atoms with Gasteiger partial charge in [0.05, 0.1) is 10.3 Å². The van der Waals surface area contributed by atoms with E-state index >= 15 is 0 Å². The van der Waals surface area contributed by atoms with Crippen LogP contribution in [-0.4, -0.2) is 41.8 Å². The van der Waals surface area contributed by atoms with Gasteiger partial charge >= 0.3 is 0 Å². The highest BCUT2D eigenvalue weighted by atomic mass is 35.5. The number of halogens is 1. The lowest BCUT2D eigenvalue weighted by Gasteiger charge is -2.25. The van der Waals surface area contributed by atoms with E-state index in [2.05, 4.69) is 4.98 Å². The summed E-state index contributed by atoms with van der Waals surface area (Å²) in [7, 11) is -3.49. The highest BCUT2D eigenvalue weighted by Gasteiger charge is 2.26. The fraction of sp³-hybridized carbons (Fsp3) is 0.368. The first-order valence-electron chi connectivity index (χ1n) is 8.80. The maximum absolute atomic E-state index is 12.7. The van der Waals surface area contributed by atoms with Gasteiger partial charge in [-0.2, -0.15) is 4.31 Å².